The SMILES string of the molecule is CN1C(=O)C(C(=N)CC(=O)Nc2nc(-c3ccc(C(F)(F)F)c(Cl)c3)cs2)C(=S)N(C)C1O. The van der Waals surface area contributed by atoms with Crippen molar-refractivity contribution in [2.45, 2.75) is 18.9 Å². The highest BCUT2D eigenvalue weighted by Crippen LogP contribution is 2.37. The summed E-state index contributed by atoms with van der Waals surface area (Å²) in [6, 6.07) is 3.21. The van der Waals surface area contributed by atoms with Gasteiger partial charge in [0.2, 0.25) is 18.2 Å². The number of carbonyl (C=O) groups is 2. The minimum Gasteiger partial charge on any atom is -0.356 e. The van der Waals surface area contributed by atoms with Crippen LogP contribution in [0.15, 0.2) is 23.6 Å². The Hall–Kier alpha value is -2.61. The summed E-state index contributed by atoms with van der Waals surface area (Å²) in [5.74, 6) is -2.39. The molecular formula is C19H17ClF3N5O3S2. The van der Waals surface area contributed by atoms with E-state index in [0.29, 0.717) is 11.3 Å². The minimum absolute atomic E-state index is 0.0270. The molecule has 1 saturated heterocycles. The molecule has 1 aliphatic heterocycles. The number of aliphatic hydroxyl groups excluding tert-OH is 1. The van der Waals surface area contributed by atoms with Gasteiger partial charge in [0.1, 0.15) is 5.92 Å². The number of anilines is 1. The fourth-order valence-electron chi connectivity index (χ4n) is 3.10. The van der Waals surface area contributed by atoms with Gasteiger partial charge in [0.05, 0.1) is 27.7 Å². The quantitative estimate of drug-likeness (QED) is 0.412. The molecule has 0 bridgehead atoms. The third kappa shape index (κ3) is 5.16. The second-order valence-electron chi connectivity index (χ2n) is 7.16. The van der Waals surface area contributed by atoms with Crippen LogP contribution in [0.1, 0.15) is 12.0 Å². The van der Waals surface area contributed by atoms with Gasteiger partial charge >= 0.3 is 6.18 Å². The number of nitrogens with zero attached hydrogens (tertiary/aromatic N) is 3. The van der Waals surface area contributed by atoms with Crippen LogP contribution in [0.3, 0.4) is 0 Å². The molecule has 0 aliphatic carbocycles. The second kappa shape index (κ2) is 9.33. The Bertz CT molecular complexity index is 1120. The summed E-state index contributed by atoms with van der Waals surface area (Å²) in [6.45, 7) is 0. The van der Waals surface area contributed by atoms with Crippen molar-refractivity contribution in [3.63, 3.8) is 0 Å². The molecule has 0 radical (unpaired) electrons. The molecule has 8 nitrogen and oxygen atoms in total. The predicted molar refractivity (Wildman–Crippen MR) is 121 cm³/mol. The number of carbonyl (C=O) groups excluding carboxylic acids is 2. The van der Waals surface area contributed by atoms with E-state index in [4.69, 9.17) is 29.2 Å². The first-order valence-corrected chi connectivity index (χ1v) is 10.9. The van der Waals surface area contributed by atoms with E-state index in [-0.39, 0.29) is 15.8 Å². The van der Waals surface area contributed by atoms with Crippen LogP contribution >= 0.6 is 35.2 Å². The highest BCUT2D eigenvalue weighted by atomic mass is 35.5. The van der Waals surface area contributed by atoms with Crippen molar-refractivity contribution in [1.82, 2.24) is 14.8 Å². The Morgan fingerprint density at radius 3 is 2.64 bits per heavy atom. The van der Waals surface area contributed by atoms with Crippen molar-refractivity contribution < 1.29 is 27.9 Å². The number of benzene rings is 1. The molecule has 0 saturated carbocycles. The number of halogens is 4. The first-order valence-electron chi connectivity index (χ1n) is 9.22. The average Bonchev–Trinajstić information content (AvgIpc) is 3.18. The van der Waals surface area contributed by atoms with Gasteiger partial charge in [-0.1, -0.05) is 29.9 Å². The lowest BCUT2D eigenvalue weighted by molar-refractivity contribution is -0.152. The van der Waals surface area contributed by atoms with E-state index in [9.17, 15) is 27.9 Å². The zero-order valence-corrected chi connectivity index (χ0v) is 19.5. The molecule has 14 heteroatoms. The van der Waals surface area contributed by atoms with Crippen molar-refractivity contribution >= 4 is 62.8 Å². The molecule has 0 spiro atoms. The molecule has 2 aromatic rings. The number of thiocarbonyl (C=S) groups is 1. The summed E-state index contributed by atoms with van der Waals surface area (Å²) in [5, 5.41) is 21.9. The van der Waals surface area contributed by atoms with Crippen LogP contribution in [-0.2, 0) is 15.8 Å². The molecule has 1 aromatic carbocycles. The van der Waals surface area contributed by atoms with Gasteiger partial charge in [-0.15, -0.1) is 11.3 Å². The molecule has 176 valence electrons. The van der Waals surface area contributed by atoms with Crippen LogP contribution < -0.4 is 5.32 Å². The number of aliphatic hydroxyl groups is 1. The summed E-state index contributed by atoms with van der Waals surface area (Å²) >= 11 is 11.9. The van der Waals surface area contributed by atoms with E-state index in [2.05, 4.69) is 10.3 Å². The molecule has 2 heterocycles. The monoisotopic (exact) mass is 519 g/mol. The van der Waals surface area contributed by atoms with Crippen molar-refractivity contribution in [1.29, 1.82) is 5.41 Å². The molecule has 1 aliphatic rings. The molecule has 33 heavy (non-hydrogen) atoms. The van der Waals surface area contributed by atoms with E-state index >= 15 is 0 Å². The molecule has 2 unspecified atom stereocenters. The van der Waals surface area contributed by atoms with E-state index in [1.807, 2.05) is 0 Å². The third-order valence-corrected chi connectivity index (χ3v) is 6.50. The maximum Gasteiger partial charge on any atom is 0.417 e. The summed E-state index contributed by atoms with van der Waals surface area (Å²) in [4.78, 5) is 31.3. The van der Waals surface area contributed by atoms with Gasteiger partial charge in [-0.25, -0.2) is 4.98 Å². The van der Waals surface area contributed by atoms with Crippen LogP contribution in [0.2, 0.25) is 5.02 Å². The van der Waals surface area contributed by atoms with E-state index in [1.165, 1.54) is 30.4 Å². The summed E-state index contributed by atoms with van der Waals surface area (Å²) in [6.07, 6.45) is -6.28. The van der Waals surface area contributed by atoms with E-state index < -0.39 is 47.3 Å². The number of thiazole rings is 1. The molecule has 2 atom stereocenters. The van der Waals surface area contributed by atoms with Gasteiger partial charge in [-0.05, 0) is 12.1 Å². The zero-order chi connectivity index (χ0) is 24.7. The number of rotatable bonds is 5. The number of nitrogens with one attached hydrogen (secondary N) is 2. The Labute approximate surface area is 200 Å². The molecule has 1 aromatic heterocycles. The average molecular weight is 520 g/mol. The molecular weight excluding hydrogens is 503 g/mol. The van der Waals surface area contributed by atoms with E-state index in [1.54, 1.807) is 0 Å². The maximum atomic E-state index is 12.9. The fourth-order valence-corrected chi connectivity index (χ4v) is 4.47. The standard InChI is InChI=1S/C19H17ClF3N5O3S2/c1-27-15(30)14(16(32)28(2)18(27)31)11(24)6-13(29)26-17-25-12(7-33-17)8-3-4-9(10(20)5-8)19(21,22)23/h3-5,7,14,18,24,31H,6H2,1-2H3,(H,25,26,29). The highest BCUT2D eigenvalue weighted by molar-refractivity contribution is 7.80. The van der Waals surface area contributed by atoms with Crippen LogP contribution in [0, 0.1) is 11.3 Å². The first-order chi connectivity index (χ1) is 15.3. The Morgan fingerprint density at radius 1 is 1.36 bits per heavy atom. The first kappa shape index (κ1) is 25.0. The smallest absolute Gasteiger partial charge is 0.356 e. The Kier molecular flexibility index (Phi) is 7.07. The summed E-state index contributed by atoms with van der Waals surface area (Å²) < 4.78 is 38.6. The molecule has 3 N–H and O–H groups in total. The van der Waals surface area contributed by atoms with Crippen LogP contribution in [0.5, 0.6) is 0 Å². The fraction of sp³-hybridized carbons (Fsp3) is 0.316. The Balaban J connectivity index is 1.68. The predicted octanol–water partition coefficient (Wildman–Crippen LogP) is 3.45. The lowest BCUT2D eigenvalue weighted by Crippen LogP contribution is -2.61. The van der Waals surface area contributed by atoms with Gasteiger partial charge in [-0.3, -0.25) is 9.59 Å². The van der Waals surface area contributed by atoms with Gasteiger partial charge in [0.25, 0.3) is 0 Å². The number of amides is 2. The second-order valence-corrected chi connectivity index (χ2v) is 8.84. The minimum atomic E-state index is -4.58. The topological polar surface area (TPSA) is 110 Å². The Morgan fingerprint density at radius 2 is 2.03 bits per heavy atom. The molecule has 2 amide bonds. The largest absolute Gasteiger partial charge is 0.417 e. The molecule has 3 rings (SSSR count). The van der Waals surface area contributed by atoms with Gasteiger partial charge in [-0.2, -0.15) is 13.2 Å². The van der Waals surface area contributed by atoms with Gasteiger partial charge < -0.3 is 25.6 Å². The zero-order valence-electron chi connectivity index (χ0n) is 17.1. The normalized spacial score (nSPS) is 19.1. The van der Waals surface area contributed by atoms with Crippen LogP contribution in [-0.4, -0.2) is 62.9 Å². The number of hydrogen-bond acceptors (Lipinski definition) is 7. The lowest BCUT2D eigenvalue weighted by Gasteiger charge is -2.41. The number of alkyl halides is 3. The highest BCUT2D eigenvalue weighted by Gasteiger charge is 2.42. The summed E-state index contributed by atoms with van der Waals surface area (Å²) in [5.41, 5.74) is -0.573. The third-order valence-electron chi connectivity index (χ3n) is 4.90. The maximum absolute atomic E-state index is 12.9. The summed E-state index contributed by atoms with van der Waals surface area (Å²) in [7, 11) is 2.83. The van der Waals surface area contributed by atoms with Crippen molar-refractivity contribution in [3.8, 4) is 11.3 Å². The van der Waals surface area contributed by atoms with Crippen LogP contribution in [0.4, 0.5) is 18.3 Å². The van der Waals surface area contributed by atoms with E-state index in [0.717, 1.165) is 28.4 Å². The lowest BCUT2D eigenvalue weighted by atomic mass is 9.96. The molecule has 1 fully saturated rings. The van der Waals surface area contributed by atoms with Crippen LogP contribution in [0.25, 0.3) is 11.3 Å². The van der Waals surface area contributed by atoms with Crippen molar-refractivity contribution in [2.75, 3.05) is 19.4 Å². The van der Waals surface area contributed by atoms with Gasteiger partial charge in [0, 0.05) is 30.8 Å². The number of hydrogen-bond donors (Lipinski definition) is 3. The van der Waals surface area contributed by atoms with Gasteiger partial charge in [0.15, 0.2) is 5.13 Å². The van der Waals surface area contributed by atoms with Crippen molar-refractivity contribution in [3.05, 3.63) is 34.2 Å². The number of aromatic nitrogens is 1. The van der Waals surface area contributed by atoms with Crippen molar-refractivity contribution in [2.24, 2.45) is 5.92 Å².